The van der Waals surface area contributed by atoms with Crippen molar-refractivity contribution in [1.82, 2.24) is 0 Å². The number of methoxy groups -OCH3 is 1. The Morgan fingerprint density at radius 2 is 2.07 bits per heavy atom. The summed E-state index contributed by atoms with van der Waals surface area (Å²) < 4.78 is 16.6. The van der Waals surface area contributed by atoms with Crippen LogP contribution in [0.15, 0.2) is 16.3 Å². The second-order valence-corrected chi connectivity index (χ2v) is 5.29. The molecule has 5 heteroatoms. The zero-order chi connectivity index (χ0) is 11.8. The van der Waals surface area contributed by atoms with Gasteiger partial charge in [0.1, 0.15) is 4.88 Å². The molecule has 0 aromatic carbocycles. The van der Waals surface area contributed by atoms with E-state index >= 15 is 0 Å². The molecule has 86 valence electrons. The summed E-state index contributed by atoms with van der Waals surface area (Å²) in [4.78, 5) is 11.5. The van der Waals surface area contributed by atoms with Gasteiger partial charge in [0.25, 0.3) is 0 Å². The van der Waals surface area contributed by atoms with E-state index in [1.807, 2.05) is 20.8 Å². The lowest BCUT2D eigenvalue weighted by molar-refractivity contribution is 0.0606. The molecule has 1 unspecified atom stereocenters. The molecule has 0 radical (unpaired) electrons. The van der Waals surface area contributed by atoms with Crippen LogP contribution in [0.4, 0.5) is 0 Å². The first-order valence-corrected chi connectivity index (χ1v) is 6.89. The number of carbonyl (C=O) groups is 1. The molecule has 0 saturated heterocycles. The van der Waals surface area contributed by atoms with Gasteiger partial charge in [0.05, 0.1) is 22.1 Å². The lowest BCUT2D eigenvalue weighted by Gasteiger charge is -1.92. The molecule has 0 spiro atoms. The molecule has 0 saturated carbocycles. The van der Waals surface area contributed by atoms with Crippen LogP contribution in [-0.4, -0.2) is 23.0 Å². The highest BCUT2D eigenvalue weighted by Crippen LogP contribution is 2.20. The predicted molar refractivity (Wildman–Crippen MR) is 64.0 cm³/mol. The maximum Gasteiger partial charge on any atom is 0.348 e. The molecule has 0 aliphatic heterocycles. The second-order valence-electron chi connectivity index (χ2n) is 2.24. The molecule has 0 N–H and O–H groups in total. The van der Waals surface area contributed by atoms with Gasteiger partial charge in [0.2, 0.25) is 0 Å². The van der Waals surface area contributed by atoms with Gasteiger partial charge in [-0.05, 0) is 12.1 Å². The molecule has 1 rings (SSSR count). The van der Waals surface area contributed by atoms with Gasteiger partial charge in [-0.3, -0.25) is 4.21 Å². The lowest BCUT2D eigenvalue weighted by atomic mass is 10.5. The van der Waals surface area contributed by atoms with Gasteiger partial charge < -0.3 is 4.74 Å². The van der Waals surface area contributed by atoms with Crippen molar-refractivity contribution in [2.75, 3.05) is 12.9 Å². The quantitative estimate of drug-likeness (QED) is 0.772. The van der Waals surface area contributed by atoms with E-state index in [-0.39, 0.29) is 5.97 Å². The summed E-state index contributed by atoms with van der Waals surface area (Å²) >= 11 is 1.22. The van der Waals surface area contributed by atoms with Crippen molar-refractivity contribution < 1.29 is 13.7 Å². The third-order valence-corrected chi connectivity index (χ3v) is 4.23. The summed E-state index contributed by atoms with van der Waals surface area (Å²) in [6, 6.07) is 3.34. The highest BCUT2D eigenvalue weighted by atomic mass is 32.2. The molecule has 0 bridgehead atoms. The lowest BCUT2D eigenvalue weighted by Crippen LogP contribution is -1.96. The summed E-state index contributed by atoms with van der Waals surface area (Å²) in [5, 5.41) is 0. The fraction of sp³-hybridized carbons (Fsp3) is 0.500. The summed E-state index contributed by atoms with van der Waals surface area (Å²) in [5.74, 6) is 0.200. The fourth-order valence-electron chi connectivity index (χ4n) is 0.795. The van der Waals surface area contributed by atoms with Crippen LogP contribution >= 0.6 is 11.3 Å². The van der Waals surface area contributed by atoms with Crippen molar-refractivity contribution in [2.45, 2.75) is 25.0 Å². The van der Waals surface area contributed by atoms with E-state index in [1.54, 1.807) is 12.1 Å². The van der Waals surface area contributed by atoms with Crippen LogP contribution in [-0.2, 0) is 15.5 Å². The second kappa shape index (κ2) is 7.59. The number of thiophene rings is 1. The maximum atomic E-state index is 11.3. The summed E-state index contributed by atoms with van der Waals surface area (Å²) in [5.41, 5.74) is 0. The number of hydrogen-bond acceptors (Lipinski definition) is 4. The zero-order valence-electron chi connectivity index (χ0n) is 9.40. The van der Waals surface area contributed by atoms with Gasteiger partial charge in [-0.25, -0.2) is 4.79 Å². The number of esters is 1. The van der Waals surface area contributed by atoms with Crippen LogP contribution in [0.25, 0.3) is 0 Å². The van der Waals surface area contributed by atoms with Crippen LogP contribution in [0.3, 0.4) is 0 Å². The smallest absolute Gasteiger partial charge is 0.348 e. The van der Waals surface area contributed by atoms with Crippen LogP contribution in [0.1, 0.15) is 30.4 Å². The van der Waals surface area contributed by atoms with Gasteiger partial charge in [-0.1, -0.05) is 20.8 Å². The van der Waals surface area contributed by atoms with Crippen molar-refractivity contribution in [3.05, 3.63) is 17.0 Å². The Labute approximate surface area is 96.9 Å². The maximum absolute atomic E-state index is 11.3. The van der Waals surface area contributed by atoms with Gasteiger partial charge in [0, 0.05) is 5.75 Å². The molecule has 1 heterocycles. The first-order chi connectivity index (χ1) is 7.19. The molecular weight excluding hydrogens is 232 g/mol. The molecule has 1 aromatic rings. The van der Waals surface area contributed by atoms with E-state index in [0.29, 0.717) is 10.6 Å². The normalized spacial score (nSPS) is 11.2. The topological polar surface area (TPSA) is 43.4 Å². The van der Waals surface area contributed by atoms with Crippen molar-refractivity contribution in [3.63, 3.8) is 0 Å². The van der Waals surface area contributed by atoms with E-state index < -0.39 is 10.8 Å². The highest BCUT2D eigenvalue weighted by molar-refractivity contribution is 7.87. The Hall–Kier alpha value is -0.680. The zero-order valence-corrected chi connectivity index (χ0v) is 11.0. The van der Waals surface area contributed by atoms with Crippen LogP contribution < -0.4 is 0 Å². The average Bonchev–Trinajstić information content (AvgIpc) is 2.79. The third kappa shape index (κ3) is 4.13. The minimum atomic E-state index is -0.977. The van der Waals surface area contributed by atoms with Gasteiger partial charge in [0.15, 0.2) is 0 Å². The Morgan fingerprint density at radius 1 is 1.47 bits per heavy atom. The van der Waals surface area contributed by atoms with E-state index in [9.17, 15) is 9.00 Å². The summed E-state index contributed by atoms with van der Waals surface area (Å²) in [6.07, 6.45) is 0. The van der Waals surface area contributed by atoms with Crippen molar-refractivity contribution in [3.8, 4) is 0 Å². The van der Waals surface area contributed by atoms with E-state index in [2.05, 4.69) is 4.74 Å². The number of rotatable bonds is 3. The molecule has 0 amide bonds. The van der Waals surface area contributed by atoms with Crippen LogP contribution in [0.5, 0.6) is 0 Å². The molecule has 1 aromatic heterocycles. The van der Waals surface area contributed by atoms with Gasteiger partial charge in [-0.2, -0.15) is 0 Å². The standard InChI is InChI=1S/C8H10O3S2.C2H6/c1-3-13(10)7-5-4-6(12-7)8(9)11-2;1-2/h4-5H,3H2,1-2H3;1-2H3. The van der Waals surface area contributed by atoms with Gasteiger partial charge in [-0.15, -0.1) is 11.3 Å². The average molecular weight is 248 g/mol. The predicted octanol–water partition coefficient (Wildman–Crippen LogP) is 2.69. The molecule has 3 nitrogen and oxygen atoms in total. The highest BCUT2D eigenvalue weighted by Gasteiger charge is 2.11. The van der Waals surface area contributed by atoms with Crippen molar-refractivity contribution >= 4 is 28.1 Å². The first-order valence-electron chi connectivity index (χ1n) is 4.75. The van der Waals surface area contributed by atoms with Crippen molar-refractivity contribution in [2.24, 2.45) is 0 Å². The fourth-order valence-corrected chi connectivity index (χ4v) is 2.95. The molecular formula is C10H16O3S2. The minimum Gasteiger partial charge on any atom is -0.465 e. The first kappa shape index (κ1) is 14.3. The van der Waals surface area contributed by atoms with E-state index in [1.165, 1.54) is 18.4 Å². The largest absolute Gasteiger partial charge is 0.465 e. The molecule has 15 heavy (non-hydrogen) atoms. The van der Waals surface area contributed by atoms with Gasteiger partial charge >= 0.3 is 5.97 Å². The number of carbonyl (C=O) groups excluding carboxylic acids is 1. The summed E-state index contributed by atoms with van der Waals surface area (Å²) in [6.45, 7) is 5.84. The third-order valence-electron chi connectivity index (χ3n) is 1.45. The monoisotopic (exact) mass is 248 g/mol. The molecule has 0 fully saturated rings. The van der Waals surface area contributed by atoms with Crippen LogP contribution in [0, 0.1) is 0 Å². The van der Waals surface area contributed by atoms with Crippen molar-refractivity contribution in [1.29, 1.82) is 0 Å². The van der Waals surface area contributed by atoms with E-state index in [0.717, 1.165) is 4.21 Å². The SMILES string of the molecule is CC.CCS(=O)c1ccc(C(=O)OC)s1. The molecule has 0 aliphatic rings. The Morgan fingerprint density at radius 3 is 2.53 bits per heavy atom. The minimum absolute atomic E-state index is 0.371. The van der Waals surface area contributed by atoms with E-state index in [4.69, 9.17) is 0 Å². The Kier molecular flexibility index (Phi) is 7.25. The van der Waals surface area contributed by atoms with Crippen LogP contribution in [0.2, 0.25) is 0 Å². The number of ether oxygens (including phenoxy) is 1. The number of hydrogen-bond donors (Lipinski definition) is 0. The Bertz CT molecular complexity index is 301. The molecule has 1 atom stereocenters. The molecule has 0 aliphatic carbocycles. The Balaban J connectivity index is 0.000000921. The summed E-state index contributed by atoms with van der Waals surface area (Å²) in [7, 11) is 0.355.